The lowest BCUT2D eigenvalue weighted by Crippen LogP contribution is -2.44. The first kappa shape index (κ1) is 13.3. The lowest BCUT2D eigenvalue weighted by Gasteiger charge is -2.32. The average Bonchev–Trinajstić information content (AvgIpc) is 2.58. The SMILES string of the molecule is CCCC1CN(CC2(C)CCCO2)CCCN1. The van der Waals surface area contributed by atoms with Gasteiger partial charge in [0.05, 0.1) is 5.60 Å². The van der Waals surface area contributed by atoms with Gasteiger partial charge in [0.25, 0.3) is 0 Å². The standard InChI is InChI=1S/C14H28N2O/c1-3-6-13-11-16(9-5-8-15-13)12-14(2)7-4-10-17-14/h13,15H,3-12H2,1-2H3. The minimum Gasteiger partial charge on any atom is -0.374 e. The van der Waals surface area contributed by atoms with Crippen molar-refractivity contribution in [3.8, 4) is 0 Å². The van der Waals surface area contributed by atoms with E-state index in [-0.39, 0.29) is 5.60 Å². The van der Waals surface area contributed by atoms with Crippen molar-refractivity contribution in [2.24, 2.45) is 0 Å². The van der Waals surface area contributed by atoms with Crippen LogP contribution < -0.4 is 5.32 Å². The molecule has 0 aromatic rings. The van der Waals surface area contributed by atoms with E-state index in [0.717, 1.165) is 13.2 Å². The molecule has 2 rings (SSSR count). The van der Waals surface area contributed by atoms with E-state index in [9.17, 15) is 0 Å². The van der Waals surface area contributed by atoms with Crippen LogP contribution in [0.4, 0.5) is 0 Å². The Balaban J connectivity index is 1.85. The smallest absolute Gasteiger partial charge is 0.0781 e. The van der Waals surface area contributed by atoms with Gasteiger partial charge in [-0.1, -0.05) is 13.3 Å². The predicted molar refractivity (Wildman–Crippen MR) is 71.3 cm³/mol. The second-order valence-corrected chi connectivity index (χ2v) is 5.93. The summed E-state index contributed by atoms with van der Waals surface area (Å²) in [5.41, 5.74) is 0.126. The van der Waals surface area contributed by atoms with Gasteiger partial charge >= 0.3 is 0 Å². The van der Waals surface area contributed by atoms with E-state index in [1.165, 1.54) is 51.7 Å². The van der Waals surface area contributed by atoms with Crippen LogP contribution >= 0.6 is 0 Å². The molecule has 100 valence electrons. The zero-order chi connectivity index (χ0) is 12.1. The number of rotatable bonds is 4. The van der Waals surface area contributed by atoms with E-state index in [2.05, 4.69) is 24.1 Å². The van der Waals surface area contributed by atoms with Crippen LogP contribution in [-0.2, 0) is 4.74 Å². The fraction of sp³-hybridized carbons (Fsp3) is 1.00. The van der Waals surface area contributed by atoms with Crippen LogP contribution in [0.2, 0.25) is 0 Å². The Kier molecular flexibility index (Phi) is 4.83. The van der Waals surface area contributed by atoms with Gasteiger partial charge in [-0.3, -0.25) is 4.90 Å². The van der Waals surface area contributed by atoms with Gasteiger partial charge in [-0.05, 0) is 45.7 Å². The molecule has 3 heteroatoms. The molecule has 2 aliphatic rings. The van der Waals surface area contributed by atoms with Crippen LogP contribution in [0, 0.1) is 0 Å². The van der Waals surface area contributed by atoms with Crippen molar-refractivity contribution in [3.05, 3.63) is 0 Å². The maximum atomic E-state index is 5.92. The Morgan fingerprint density at radius 1 is 1.41 bits per heavy atom. The van der Waals surface area contributed by atoms with Crippen LogP contribution in [0.3, 0.4) is 0 Å². The van der Waals surface area contributed by atoms with Gasteiger partial charge in [-0.15, -0.1) is 0 Å². The molecule has 2 aliphatic heterocycles. The van der Waals surface area contributed by atoms with Crippen LogP contribution in [-0.4, -0.2) is 49.3 Å². The quantitative estimate of drug-likeness (QED) is 0.813. The average molecular weight is 240 g/mol. The summed E-state index contributed by atoms with van der Waals surface area (Å²) < 4.78 is 5.92. The number of nitrogens with one attached hydrogen (secondary N) is 1. The van der Waals surface area contributed by atoms with Gasteiger partial charge in [-0.25, -0.2) is 0 Å². The molecule has 17 heavy (non-hydrogen) atoms. The summed E-state index contributed by atoms with van der Waals surface area (Å²) in [6, 6.07) is 0.688. The predicted octanol–water partition coefficient (Wildman–Crippen LogP) is 2.02. The maximum Gasteiger partial charge on any atom is 0.0781 e. The zero-order valence-corrected chi connectivity index (χ0v) is 11.5. The van der Waals surface area contributed by atoms with E-state index in [1.54, 1.807) is 0 Å². The normalized spacial score (nSPS) is 36.0. The molecule has 0 aliphatic carbocycles. The third-order valence-electron chi connectivity index (χ3n) is 4.06. The molecule has 0 spiro atoms. The molecular formula is C14H28N2O. The first-order valence-electron chi connectivity index (χ1n) is 7.31. The lowest BCUT2D eigenvalue weighted by atomic mass is 10.0. The molecule has 0 aromatic heterocycles. The minimum atomic E-state index is 0.126. The van der Waals surface area contributed by atoms with Gasteiger partial charge in [0, 0.05) is 25.7 Å². The van der Waals surface area contributed by atoms with Crippen molar-refractivity contribution in [3.63, 3.8) is 0 Å². The molecule has 0 amide bonds. The van der Waals surface area contributed by atoms with Gasteiger partial charge in [0.2, 0.25) is 0 Å². The van der Waals surface area contributed by atoms with E-state index in [0.29, 0.717) is 6.04 Å². The molecule has 2 saturated heterocycles. The van der Waals surface area contributed by atoms with Crippen molar-refractivity contribution in [1.29, 1.82) is 0 Å². The fourth-order valence-corrected chi connectivity index (χ4v) is 3.20. The topological polar surface area (TPSA) is 24.5 Å². The lowest BCUT2D eigenvalue weighted by molar-refractivity contribution is -0.00921. The molecular weight excluding hydrogens is 212 g/mol. The zero-order valence-electron chi connectivity index (χ0n) is 11.5. The summed E-state index contributed by atoms with van der Waals surface area (Å²) in [7, 11) is 0. The summed E-state index contributed by atoms with van der Waals surface area (Å²) in [4.78, 5) is 2.62. The summed E-state index contributed by atoms with van der Waals surface area (Å²) in [5, 5.41) is 3.67. The Bertz CT molecular complexity index is 226. The number of nitrogens with zero attached hydrogens (tertiary/aromatic N) is 1. The summed E-state index contributed by atoms with van der Waals surface area (Å²) in [5.74, 6) is 0. The number of ether oxygens (including phenoxy) is 1. The summed E-state index contributed by atoms with van der Waals surface area (Å²) in [6.07, 6.45) is 6.32. The second-order valence-electron chi connectivity index (χ2n) is 5.93. The molecule has 0 bridgehead atoms. The van der Waals surface area contributed by atoms with Crippen LogP contribution in [0.5, 0.6) is 0 Å². The Labute approximate surface area is 106 Å². The van der Waals surface area contributed by atoms with Crippen LogP contribution in [0.1, 0.15) is 46.0 Å². The molecule has 3 nitrogen and oxygen atoms in total. The highest BCUT2D eigenvalue weighted by atomic mass is 16.5. The maximum absolute atomic E-state index is 5.92. The van der Waals surface area contributed by atoms with Gasteiger partial charge < -0.3 is 10.1 Å². The van der Waals surface area contributed by atoms with Crippen molar-refractivity contribution < 1.29 is 4.74 Å². The molecule has 2 atom stereocenters. The first-order valence-corrected chi connectivity index (χ1v) is 7.31. The van der Waals surface area contributed by atoms with Crippen molar-refractivity contribution >= 4 is 0 Å². The fourth-order valence-electron chi connectivity index (χ4n) is 3.20. The molecule has 2 unspecified atom stereocenters. The molecule has 1 N–H and O–H groups in total. The van der Waals surface area contributed by atoms with Crippen molar-refractivity contribution in [2.45, 2.75) is 57.6 Å². The first-order chi connectivity index (χ1) is 8.22. The number of hydrogen-bond donors (Lipinski definition) is 1. The molecule has 0 saturated carbocycles. The van der Waals surface area contributed by atoms with E-state index in [4.69, 9.17) is 4.74 Å². The second kappa shape index (κ2) is 6.17. The molecule has 0 aromatic carbocycles. The van der Waals surface area contributed by atoms with Gasteiger partial charge in [-0.2, -0.15) is 0 Å². The van der Waals surface area contributed by atoms with E-state index < -0.39 is 0 Å². The number of hydrogen-bond acceptors (Lipinski definition) is 3. The van der Waals surface area contributed by atoms with Gasteiger partial charge in [0.15, 0.2) is 0 Å². The highest BCUT2D eigenvalue weighted by molar-refractivity contribution is 4.86. The summed E-state index contributed by atoms with van der Waals surface area (Å²) >= 11 is 0. The largest absolute Gasteiger partial charge is 0.374 e. The molecule has 2 heterocycles. The van der Waals surface area contributed by atoms with Gasteiger partial charge in [0.1, 0.15) is 0 Å². The Morgan fingerprint density at radius 2 is 2.29 bits per heavy atom. The Hall–Kier alpha value is -0.120. The van der Waals surface area contributed by atoms with Crippen molar-refractivity contribution in [2.75, 3.05) is 32.8 Å². The summed E-state index contributed by atoms with van der Waals surface area (Å²) in [6.45, 7) is 10.2. The third kappa shape index (κ3) is 3.94. The molecule has 0 radical (unpaired) electrons. The monoisotopic (exact) mass is 240 g/mol. The highest BCUT2D eigenvalue weighted by Crippen LogP contribution is 2.26. The Morgan fingerprint density at radius 3 is 3.00 bits per heavy atom. The highest BCUT2D eigenvalue weighted by Gasteiger charge is 2.32. The minimum absolute atomic E-state index is 0.126. The van der Waals surface area contributed by atoms with Crippen molar-refractivity contribution in [1.82, 2.24) is 10.2 Å². The van der Waals surface area contributed by atoms with Crippen LogP contribution in [0.15, 0.2) is 0 Å². The van der Waals surface area contributed by atoms with E-state index in [1.807, 2.05) is 0 Å². The third-order valence-corrected chi connectivity index (χ3v) is 4.06. The molecule has 2 fully saturated rings. The van der Waals surface area contributed by atoms with Crippen LogP contribution in [0.25, 0.3) is 0 Å². The van der Waals surface area contributed by atoms with E-state index >= 15 is 0 Å².